The maximum absolute atomic E-state index is 14.2. The molecule has 1 unspecified atom stereocenters. The Hall–Kier alpha value is -1.89. The first kappa shape index (κ1) is 17.5. The van der Waals surface area contributed by atoms with Crippen molar-refractivity contribution in [1.29, 1.82) is 0 Å². The highest BCUT2D eigenvalue weighted by Crippen LogP contribution is 2.42. The van der Waals surface area contributed by atoms with Gasteiger partial charge < -0.3 is 5.32 Å². The van der Waals surface area contributed by atoms with Crippen LogP contribution in [-0.2, 0) is 4.79 Å². The summed E-state index contributed by atoms with van der Waals surface area (Å²) in [5, 5.41) is 12.1. The summed E-state index contributed by atoms with van der Waals surface area (Å²) in [5.74, 6) is 0.293. The summed E-state index contributed by atoms with van der Waals surface area (Å²) >= 11 is 1.41. The van der Waals surface area contributed by atoms with E-state index in [0.717, 1.165) is 25.7 Å². The summed E-state index contributed by atoms with van der Waals surface area (Å²) in [6.45, 7) is 1.89. The highest BCUT2D eigenvalue weighted by atomic mass is 32.2. The molecule has 138 valence electrons. The second-order valence-corrected chi connectivity index (χ2v) is 8.45. The monoisotopic (exact) mass is 374 g/mol. The molecule has 2 aliphatic rings. The van der Waals surface area contributed by atoms with Crippen molar-refractivity contribution in [2.75, 3.05) is 0 Å². The molecule has 4 rings (SSSR count). The average Bonchev–Trinajstić information content (AvgIpc) is 3.18. The molecule has 0 radical (unpaired) electrons. The van der Waals surface area contributed by atoms with Crippen LogP contribution in [-0.4, -0.2) is 32.0 Å². The van der Waals surface area contributed by atoms with Crippen LogP contribution < -0.4 is 5.32 Å². The fourth-order valence-corrected chi connectivity index (χ4v) is 4.37. The summed E-state index contributed by atoms with van der Waals surface area (Å²) in [4.78, 5) is 12.5. The minimum absolute atomic E-state index is 0.0414. The lowest BCUT2D eigenvalue weighted by molar-refractivity contribution is -0.120. The molecular formula is C19H23FN4OS. The second kappa shape index (κ2) is 7.39. The fourth-order valence-electron chi connectivity index (χ4n) is 3.45. The number of benzene rings is 1. The number of thioether (sulfide) groups is 1. The molecule has 0 saturated heterocycles. The van der Waals surface area contributed by atoms with Crippen molar-refractivity contribution in [1.82, 2.24) is 20.1 Å². The van der Waals surface area contributed by atoms with Crippen LogP contribution in [0.4, 0.5) is 4.39 Å². The van der Waals surface area contributed by atoms with Crippen LogP contribution in [0, 0.1) is 5.82 Å². The van der Waals surface area contributed by atoms with Crippen LogP contribution in [0.1, 0.15) is 51.5 Å². The normalized spacial score (nSPS) is 18.8. The number of carbonyl (C=O) groups excluding carboxylic acids is 1. The van der Waals surface area contributed by atoms with E-state index in [1.807, 2.05) is 11.5 Å². The van der Waals surface area contributed by atoms with Crippen molar-refractivity contribution in [2.45, 2.75) is 67.9 Å². The lowest BCUT2D eigenvalue weighted by Crippen LogP contribution is -2.37. The summed E-state index contributed by atoms with van der Waals surface area (Å²) < 4.78 is 16.2. The van der Waals surface area contributed by atoms with Crippen molar-refractivity contribution in [3.05, 3.63) is 30.1 Å². The number of amides is 1. The summed E-state index contributed by atoms with van der Waals surface area (Å²) in [6.07, 6.45) is 6.59. The maximum Gasteiger partial charge on any atom is 0.233 e. The molecule has 2 saturated carbocycles. The molecule has 26 heavy (non-hydrogen) atoms. The first-order chi connectivity index (χ1) is 12.6. The van der Waals surface area contributed by atoms with Gasteiger partial charge in [0.2, 0.25) is 5.91 Å². The second-order valence-electron chi connectivity index (χ2n) is 7.14. The van der Waals surface area contributed by atoms with E-state index in [0.29, 0.717) is 28.6 Å². The Morgan fingerprint density at radius 1 is 1.23 bits per heavy atom. The zero-order valence-corrected chi connectivity index (χ0v) is 15.6. The molecule has 1 aromatic carbocycles. The van der Waals surface area contributed by atoms with Crippen LogP contribution in [0.15, 0.2) is 29.4 Å². The predicted molar refractivity (Wildman–Crippen MR) is 99.4 cm³/mol. The van der Waals surface area contributed by atoms with Crippen molar-refractivity contribution in [3.8, 4) is 11.4 Å². The van der Waals surface area contributed by atoms with Gasteiger partial charge in [-0.15, -0.1) is 10.2 Å². The van der Waals surface area contributed by atoms with Crippen LogP contribution in [0.5, 0.6) is 0 Å². The molecule has 5 nitrogen and oxygen atoms in total. The number of carbonyl (C=O) groups is 1. The highest BCUT2D eigenvalue weighted by Gasteiger charge is 2.32. The number of nitrogens with one attached hydrogen (secondary N) is 1. The van der Waals surface area contributed by atoms with E-state index in [1.165, 1.54) is 30.7 Å². The Bertz CT molecular complexity index is 799. The van der Waals surface area contributed by atoms with E-state index in [4.69, 9.17) is 0 Å². The van der Waals surface area contributed by atoms with E-state index in [2.05, 4.69) is 15.5 Å². The third-order valence-corrected chi connectivity index (χ3v) is 6.10. The van der Waals surface area contributed by atoms with Crippen molar-refractivity contribution >= 4 is 17.7 Å². The zero-order chi connectivity index (χ0) is 18.1. The Morgan fingerprint density at radius 2 is 1.96 bits per heavy atom. The number of rotatable bonds is 6. The van der Waals surface area contributed by atoms with Crippen LogP contribution in [0.25, 0.3) is 11.4 Å². The SMILES string of the molecule is CC(Sc1nnc(-c2ccccc2F)n1C1CC1)C(=O)NC1CCCC1. The molecule has 7 heteroatoms. The van der Waals surface area contributed by atoms with E-state index in [9.17, 15) is 9.18 Å². The van der Waals surface area contributed by atoms with E-state index < -0.39 is 0 Å². The van der Waals surface area contributed by atoms with Gasteiger partial charge in [-0.2, -0.15) is 0 Å². The molecule has 0 spiro atoms. The van der Waals surface area contributed by atoms with Gasteiger partial charge in [-0.1, -0.05) is 36.7 Å². The predicted octanol–water partition coefficient (Wildman–Crippen LogP) is 3.96. The Balaban J connectivity index is 1.53. The van der Waals surface area contributed by atoms with Crippen LogP contribution in [0.3, 0.4) is 0 Å². The zero-order valence-electron chi connectivity index (χ0n) is 14.8. The fraction of sp³-hybridized carbons (Fsp3) is 0.526. The smallest absolute Gasteiger partial charge is 0.233 e. The van der Waals surface area contributed by atoms with Gasteiger partial charge in [0.15, 0.2) is 11.0 Å². The van der Waals surface area contributed by atoms with E-state index in [1.54, 1.807) is 18.2 Å². The molecule has 2 fully saturated rings. The van der Waals surface area contributed by atoms with E-state index >= 15 is 0 Å². The molecule has 1 N–H and O–H groups in total. The number of hydrogen-bond acceptors (Lipinski definition) is 4. The maximum atomic E-state index is 14.2. The molecule has 1 amide bonds. The van der Waals surface area contributed by atoms with Gasteiger partial charge in [-0.3, -0.25) is 9.36 Å². The first-order valence-corrected chi connectivity index (χ1v) is 10.2. The lowest BCUT2D eigenvalue weighted by Gasteiger charge is -2.16. The van der Waals surface area contributed by atoms with Gasteiger partial charge in [-0.05, 0) is 44.7 Å². The lowest BCUT2D eigenvalue weighted by atomic mass is 10.2. The Kier molecular flexibility index (Phi) is 4.98. The first-order valence-electron chi connectivity index (χ1n) is 9.30. The molecule has 0 bridgehead atoms. The van der Waals surface area contributed by atoms with Crippen molar-refractivity contribution in [3.63, 3.8) is 0 Å². The van der Waals surface area contributed by atoms with Gasteiger partial charge in [0, 0.05) is 12.1 Å². The van der Waals surface area contributed by atoms with Gasteiger partial charge in [-0.25, -0.2) is 4.39 Å². The minimum atomic E-state index is -0.301. The molecule has 0 aliphatic heterocycles. The Morgan fingerprint density at radius 3 is 2.65 bits per heavy atom. The topological polar surface area (TPSA) is 59.8 Å². The van der Waals surface area contributed by atoms with Crippen LogP contribution in [0.2, 0.25) is 0 Å². The Labute approximate surface area is 156 Å². The van der Waals surface area contributed by atoms with Gasteiger partial charge in [0.05, 0.1) is 10.8 Å². The summed E-state index contributed by atoms with van der Waals surface area (Å²) in [7, 11) is 0. The third kappa shape index (κ3) is 3.63. The molecule has 2 aliphatic carbocycles. The number of hydrogen-bond donors (Lipinski definition) is 1. The third-order valence-electron chi connectivity index (χ3n) is 5.04. The standard InChI is InChI=1S/C19H23FN4OS/c1-12(18(25)21-13-6-2-3-7-13)26-19-23-22-17(24(19)14-10-11-14)15-8-4-5-9-16(15)20/h4-5,8-9,12-14H,2-3,6-7,10-11H2,1H3,(H,21,25). The number of nitrogens with zero attached hydrogens (tertiary/aromatic N) is 3. The quantitative estimate of drug-likeness (QED) is 0.778. The van der Waals surface area contributed by atoms with Crippen LogP contribution >= 0.6 is 11.8 Å². The van der Waals surface area contributed by atoms with Gasteiger partial charge in [0.1, 0.15) is 5.82 Å². The van der Waals surface area contributed by atoms with Gasteiger partial charge >= 0.3 is 0 Å². The van der Waals surface area contributed by atoms with Gasteiger partial charge in [0.25, 0.3) is 0 Å². The number of aromatic nitrogens is 3. The van der Waals surface area contributed by atoms with Crippen molar-refractivity contribution in [2.24, 2.45) is 0 Å². The molecule has 1 heterocycles. The summed E-state index contributed by atoms with van der Waals surface area (Å²) in [6, 6.07) is 7.23. The highest BCUT2D eigenvalue weighted by molar-refractivity contribution is 8.00. The largest absolute Gasteiger partial charge is 0.352 e. The van der Waals surface area contributed by atoms with E-state index in [-0.39, 0.29) is 17.0 Å². The molecule has 1 aromatic heterocycles. The van der Waals surface area contributed by atoms with Crippen molar-refractivity contribution < 1.29 is 9.18 Å². The average molecular weight is 374 g/mol. The number of halogens is 1. The minimum Gasteiger partial charge on any atom is -0.352 e. The molecule has 1 atom stereocenters. The summed E-state index contributed by atoms with van der Waals surface area (Å²) in [5.41, 5.74) is 0.460. The molecule has 2 aromatic rings. The molecular weight excluding hydrogens is 351 g/mol.